The maximum atomic E-state index is 6.15. The van der Waals surface area contributed by atoms with Crippen LogP contribution in [0.1, 0.15) is 5.56 Å². The Bertz CT molecular complexity index is 636. The molecule has 0 atom stereocenters. The highest BCUT2D eigenvalue weighted by Gasteiger charge is 2.13. The fourth-order valence-corrected chi connectivity index (χ4v) is 2.42. The van der Waals surface area contributed by atoms with Crippen LogP contribution in [-0.4, -0.2) is 24.1 Å². The lowest BCUT2D eigenvalue weighted by Crippen LogP contribution is -2.03. The molecule has 0 saturated heterocycles. The van der Waals surface area contributed by atoms with E-state index in [1.165, 1.54) is 6.33 Å². The summed E-state index contributed by atoms with van der Waals surface area (Å²) in [5, 5.41) is 6.82. The first-order chi connectivity index (χ1) is 9.56. The van der Waals surface area contributed by atoms with Crippen molar-refractivity contribution in [1.82, 2.24) is 9.97 Å². The average Bonchev–Trinajstić information content (AvgIpc) is 2.44. The van der Waals surface area contributed by atoms with Gasteiger partial charge in [0, 0.05) is 16.5 Å². The number of rotatable bonds is 4. The molecule has 20 heavy (non-hydrogen) atoms. The molecular weight excluding hydrogens is 344 g/mol. The molecule has 2 N–H and O–H groups in total. The highest BCUT2D eigenvalue weighted by molar-refractivity contribution is 9.10. The molecule has 5 nitrogen and oxygen atoms in total. The van der Waals surface area contributed by atoms with Gasteiger partial charge in [-0.1, -0.05) is 11.6 Å². The van der Waals surface area contributed by atoms with Crippen LogP contribution in [0.3, 0.4) is 0 Å². The van der Waals surface area contributed by atoms with Crippen molar-refractivity contribution >= 4 is 44.9 Å². The number of nitrogens with zero attached hydrogens (tertiary/aromatic N) is 2. The van der Waals surface area contributed by atoms with Gasteiger partial charge in [-0.25, -0.2) is 9.97 Å². The van der Waals surface area contributed by atoms with E-state index in [-0.39, 0.29) is 0 Å². The molecule has 0 unspecified atom stereocenters. The van der Waals surface area contributed by atoms with Gasteiger partial charge in [0.2, 0.25) is 5.75 Å². The number of aryl methyl sites for hydroxylation is 1. The van der Waals surface area contributed by atoms with E-state index in [9.17, 15) is 0 Å². The van der Waals surface area contributed by atoms with Gasteiger partial charge in [0.15, 0.2) is 11.6 Å². The summed E-state index contributed by atoms with van der Waals surface area (Å²) in [5.41, 5.74) is 1.80. The fourth-order valence-electron chi connectivity index (χ4n) is 1.70. The van der Waals surface area contributed by atoms with Crippen LogP contribution in [0.25, 0.3) is 0 Å². The highest BCUT2D eigenvalue weighted by Crippen LogP contribution is 2.35. The Morgan fingerprint density at radius 2 is 1.95 bits per heavy atom. The molecule has 1 aromatic heterocycles. The monoisotopic (exact) mass is 356 g/mol. The number of aromatic nitrogens is 2. The Kier molecular flexibility index (Phi) is 4.67. The minimum atomic E-state index is 0.540. The SMILES string of the molecule is CNc1ncnc(Nc2cc(Cl)c(C)cc2Br)c1OC. The van der Waals surface area contributed by atoms with Gasteiger partial charge in [0.05, 0.1) is 12.8 Å². The zero-order chi connectivity index (χ0) is 14.7. The van der Waals surface area contributed by atoms with Crippen LogP contribution in [0.4, 0.5) is 17.3 Å². The second-order valence-electron chi connectivity index (χ2n) is 4.06. The summed E-state index contributed by atoms with van der Waals surface area (Å²) in [6.45, 7) is 1.95. The maximum absolute atomic E-state index is 6.15. The number of hydrogen-bond donors (Lipinski definition) is 2. The van der Waals surface area contributed by atoms with Crippen molar-refractivity contribution in [2.24, 2.45) is 0 Å². The molecule has 7 heteroatoms. The fraction of sp³-hybridized carbons (Fsp3) is 0.231. The largest absolute Gasteiger partial charge is 0.490 e. The summed E-state index contributed by atoms with van der Waals surface area (Å²) >= 11 is 9.65. The van der Waals surface area contributed by atoms with Crippen molar-refractivity contribution < 1.29 is 4.74 Å². The van der Waals surface area contributed by atoms with Crippen LogP contribution in [0.5, 0.6) is 5.75 Å². The number of halogens is 2. The van der Waals surface area contributed by atoms with Crippen LogP contribution in [0.2, 0.25) is 5.02 Å². The van der Waals surface area contributed by atoms with Gasteiger partial charge in [-0.2, -0.15) is 0 Å². The zero-order valence-electron chi connectivity index (χ0n) is 11.3. The topological polar surface area (TPSA) is 59.1 Å². The lowest BCUT2D eigenvalue weighted by molar-refractivity contribution is 0.415. The Morgan fingerprint density at radius 3 is 2.60 bits per heavy atom. The van der Waals surface area contributed by atoms with Crippen molar-refractivity contribution in [2.75, 3.05) is 24.8 Å². The van der Waals surface area contributed by atoms with Gasteiger partial charge in [0.1, 0.15) is 6.33 Å². The van der Waals surface area contributed by atoms with Gasteiger partial charge in [-0.3, -0.25) is 0 Å². The molecule has 1 aromatic carbocycles. The van der Waals surface area contributed by atoms with Crippen LogP contribution >= 0.6 is 27.5 Å². The third-order valence-corrected chi connectivity index (χ3v) is 3.81. The van der Waals surface area contributed by atoms with Crippen molar-refractivity contribution in [3.05, 3.63) is 33.5 Å². The van der Waals surface area contributed by atoms with Gasteiger partial charge < -0.3 is 15.4 Å². The molecule has 0 fully saturated rings. The van der Waals surface area contributed by atoms with E-state index in [2.05, 4.69) is 36.5 Å². The first kappa shape index (κ1) is 14.9. The first-order valence-electron chi connectivity index (χ1n) is 5.86. The van der Waals surface area contributed by atoms with E-state index < -0.39 is 0 Å². The Balaban J connectivity index is 2.42. The molecule has 0 bridgehead atoms. The van der Waals surface area contributed by atoms with Crippen LogP contribution in [-0.2, 0) is 0 Å². The second kappa shape index (κ2) is 6.28. The first-order valence-corrected chi connectivity index (χ1v) is 7.03. The van der Waals surface area contributed by atoms with Crippen molar-refractivity contribution in [1.29, 1.82) is 0 Å². The molecule has 106 valence electrons. The number of methoxy groups -OCH3 is 1. The lowest BCUT2D eigenvalue weighted by atomic mass is 10.2. The number of ether oxygens (including phenoxy) is 1. The molecule has 0 radical (unpaired) electrons. The molecule has 2 rings (SSSR count). The lowest BCUT2D eigenvalue weighted by Gasteiger charge is -2.14. The highest BCUT2D eigenvalue weighted by atomic mass is 79.9. The number of anilines is 3. The van der Waals surface area contributed by atoms with Gasteiger partial charge in [0.25, 0.3) is 0 Å². The van der Waals surface area contributed by atoms with Crippen LogP contribution < -0.4 is 15.4 Å². The van der Waals surface area contributed by atoms with Crippen LogP contribution in [0, 0.1) is 6.92 Å². The summed E-state index contributed by atoms with van der Waals surface area (Å²) in [7, 11) is 3.34. The summed E-state index contributed by atoms with van der Waals surface area (Å²) in [5.74, 6) is 1.71. The number of benzene rings is 1. The standard InChI is InChI=1S/C13H14BrClN4O/c1-7-4-8(14)10(5-9(7)15)19-13-11(20-3)12(16-2)17-6-18-13/h4-6H,1-3H3,(H2,16,17,18,19). The molecule has 0 aliphatic carbocycles. The van der Waals surface area contributed by atoms with Gasteiger partial charge in [-0.05, 0) is 40.5 Å². The predicted molar refractivity (Wildman–Crippen MR) is 85.3 cm³/mol. The molecule has 0 aliphatic heterocycles. The minimum absolute atomic E-state index is 0.540. The van der Waals surface area contributed by atoms with Gasteiger partial charge >= 0.3 is 0 Å². The summed E-state index contributed by atoms with van der Waals surface area (Å²) in [4.78, 5) is 8.29. The average molecular weight is 358 g/mol. The van der Waals surface area contributed by atoms with E-state index in [4.69, 9.17) is 16.3 Å². The van der Waals surface area contributed by atoms with E-state index in [1.807, 2.05) is 19.1 Å². The molecule has 2 aromatic rings. The van der Waals surface area contributed by atoms with Crippen LogP contribution in [0.15, 0.2) is 22.9 Å². The van der Waals surface area contributed by atoms with Crippen molar-refractivity contribution in [3.8, 4) is 5.75 Å². The Labute approximate surface area is 130 Å². The Hall–Kier alpha value is -1.53. The summed E-state index contributed by atoms with van der Waals surface area (Å²) < 4.78 is 6.23. The van der Waals surface area contributed by atoms with E-state index in [1.54, 1.807) is 14.2 Å². The molecule has 0 aliphatic rings. The van der Waals surface area contributed by atoms with Crippen molar-refractivity contribution in [3.63, 3.8) is 0 Å². The molecule has 0 amide bonds. The predicted octanol–water partition coefficient (Wildman–Crippen LogP) is 3.99. The van der Waals surface area contributed by atoms with Crippen molar-refractivity contribution in [2.45, 2.75) is 6.92 Å². The third-order valence-electron chi connectivity index (χ3n) is 2.75. The summed E-state index contributed by atoms with van der Waals surface area (Å²) in [6.07, 6.45) is 1.46. The molecular formula is C13H14BrClN4O. The maximum Gasteiger partial charge on any atom is 0.204 e. The number of hydrogen-bond acceptors (Lipinski definition) is 5. The minimum Gasteiger partial charge on any atom is -0.490 e. The molecule has 1 heterocycles. The third kappa shape index (κ3) is 2.96. The zero-order valence-corrected chi connectivity index (χ0v) is 13.6. The molecule has 0 saturated carbocycles. The smallest absolute Gasteiger partial charge is 0.204 e. The van der Waals surface area contributed by atoms with E-state index in [0.717, 1.165) is 15.7 Å². The molecule has 0 spiro atoms. The normalized spacial score (nSPS) is 10.2. The number of nitrogens with one attached hydrogen (secondary N) is 2. The van der Waals surface area contributed by atoms with E-state index >= 15 is 0 Å². The Morgan fingerprint density at radius 1 is 1.25 bits per heavy atom. The second-order valence-corrected chi connectivity index (χ2v) is 5.32. The quantitative estimate of drug-likeness (QED) is 0.866. The van der Waals surface area contributed by atoms with Gasteiger partial charge in [-0.15, -0.1) is 0 Å². The summed E-state index contributed by atoms with van der Waals surface area (Å²) in [6, 6.07) is 3.78. The van der Waals surface area contributed by atoms with E-state index in [0.29, 0.717) is 22.4 Å².